The number of sulfonamides is 1. The summed E-state index contributed by atoms with van der Waals surface area (Å²) in [6.07, 6.45) is 0. The SMILES string of the molecule is N#Cc1ccc(Cl)c(S(=O)(=O)NCC(=O)O)c1. The number of aliphatic carboxylic acids is 1. The molecule has 0 atom stereocenters. The number of benzene rings is 1. The van der Waals surface area contributed by atoms with Crippen LogP contribution in [0.25, 0.3) is 0 Å². The van der Waals surface area contributed by atoms with Crippen molar-refractivity contribution in [3.05, 3.63) is 28.8 Å². The molecule has 1 aromatic rings. The monoisotopic (exact) mass is 274 g/mol. The van der Waals surface area contributed by atoms with Crippen LogP contribution in [0.2, 0.25) is 5.02 Å². The fourth-order valence-corrected chi connectivity index (χ4v) is 2.51. The Balaban J connectivity index is 3.15. The van der Waals surface area contributed by atoms with Gasteiger partial charge >= 0.3 is 5.97 Å². The van der Waals surface area contributed by atoms with E-state index in [4.69, 9.17) is 22.0 Å². The van der Waals surface area contributed by atoms with Crippen LogP contribution in [0, 0.1) is 11.3 Å². The Morgan fingerprint density at radius 3 is 2.71 bits per heavy atom. The summed E-state index contributed by atoms with van der Waals surface area (Å²) in [7, 11) is -4.03. The summed E-state index contributed by atoms with van der Waals surface area (Å²) in [4.78, 5) is 9.95. The summed E-state index contributed by atoms with van der Waals surface area (Å²) >= 11 is 5.68. The van der Waals surface area contributed by atoms with Gasteiger partial charge < -0.3 is 5.11 Å². The number of hydrogen-bond donors (Lipinski definition) is 2. The first-order valence-corrected chi connectivity index (χ1v) is 6.14. The Labute approximate surface area is 102 Å². The number of halogens is 1. The van der Waals surface area contributed by atoms with E-state index in [2.05, 4.69) is 0 Å². The molecule has 6 nitrogen and oxygen atoms in total. The number of carboxylic acids is 1. The highest BCUT2D eigenvalue weighted by Gasteiger charge is 2.19. The molecule has 0 saturated carbocycles. The van der Waals surface area contributed by atoms with E-state index in [0.717, 1.165) is 6.07 Å². The van der Waals surface area contributed by atoms with Crippen LogP contribution in [0.4, 0.5) is 0 Å². The molecule has 0 aliphatic rings. The first kappa shape index (κ1) is 13.4. The molecule has 0 bridgehead atoms. The smallest absolute Gasteiger partial charge is 0.318 e. The first-order chi connectivity index (χ1) is 7.86. The summed E-state index contributed by atoms with van der Waals surface area (Å²) in [5.41, 5.74) is 0.116. The van der Waals surface area contributed by atoms with E-state index in [9.17, 15) is 13.2 Å². The zero-order valence-corrected chi connectivity index (χ0v) is 9.92. The van der Waals surface area contributed by atoms with Crippen LogP contribution in [0.15, 0.2) is 23.1 Å². The van der Waals surface area contributed by atoms with E-state index in [0.29, 0.717) is 0 Å². The molecular weight excluding hydrogens is 268 g/mol. The number of nitriles is 1. The van der Waals surface area contributed by atoms with Crippen molar-refractivity contribution in [3.8, 4) is 6.07 Å². The molecule has 0 spiro atoms. The van der Waals surface area contributed by atoms with Gasteiger partial charge in [-0.1, -0.05) is 11.6 Å². The first-order valence-electron chi connectivity index (χ1n) is 4.28. The third kappa shape index (κ3) is 3.42. The lowest BCUT2D eigenvalue weighted by Gasteiger charge is -2.06. The molecule has 17 heavy (non-hydrogen) atoms. The van der Waals surface area contributed by atoms with Crippen LogP contribution in [0.3, 0.4) is 0 Å². The van der Waals surface area contributed by atoms with E-state index >= 15 is 0 Å². The van der Waals surface area contributed by atoms with Crippen LogP contribution in [-0.2, 0) is 14.8 Å². The highest BCUT2D eigenvalue weighted by atomic mass is 35.5. The van der Waals surface area contributed by atoms with Gasteiger partial charge in [0.1, 0.15) is 11.4 Å². The van der Waals surface area contributed by atoms with E-state index in [1.165, 1.54) is 12.1 Å². The minimum Gasteiger partial charge on any atom is -0.480 e. The van der Waals surface area contributed by atoms with Gasteiger partial charge in [-0.2, -0.15) is 9.98 Å². The van der Waals surface area contributed by atoms with E-state index in [1.807, 2.05) is 4.72 Å². The van der Waals surface area contributed by atoms with Gasteiger partial charge in [0, 0.05) is 0 Å². The van der Waals surface area contributed by atoms with Crippen molar-refractivity contribution < 1.29 is 18.3 Å². The molecule has 0 aliphatic heterocycles. The highest BCUT2D eigenvalue weighted by Crippen LogP contribution is 2.22. The summed E-state index contributed by atoms with van der Waals surface area (Å²) in [6, 6.07) is 5.46. The molecule has 2 N–H and O–H groups in total. The second-order valence-corrected chi connectivity index (χ2v) is 5.12. The quantitative estimate of drug-likeness (QED) is 0.835. The Bertz CT molecular complexity index is 592. The number of carboxylic acid groups (broad SMARTS) is 1. The third-order valence-electron chi connectivity index (χ3n) is 1.76. The second-order valence-electron chi connectivity index (χ2n) is 2.98. The highest BCUT2D eigenvalue weighted by molar-refractivity contribution is 7.89. The molecule has 1 rings (SSSR count). The Hall–Kier alpha value is -1.62. The maximum absolute atomic E-state index is 11.7. The number of nitrogens with one attached hydrogen (secondary N) is 1. The van der Waals surface area contributed by atoms with Crippen molar-refractivity contribution in [2.75, 3.05) is 6.54 Å². The molecule has 1 aromatic carbocycles. The van der Waals surface area contributed by atoms with Crippen molar-refractivity contribution in [1.29, 1.82) is 5.26 Å². The summed E-state index contributed by atoms with van der Waals surface area (Å²) in [6.45, 7) is -0.755. The summed E-state index contributed by atoms with van der Waals surface area (Å²) in [5.74, 6) is -1.32. The Morgan fingerprint density at radius 1 is 1.53 bits per heavy atom. The van der Waals surface area contributed by atoms with Gasteiger partial charge in [0.15, 0.2) is 0 Å². The fourth-order valence-electron chi connectivity index (χ4n) is 1.01. The zero-order valence-electron chi connectivity index (χ0n) is 8.34. The van der Waals surface area contributed by atoms with Crippen LogP contribution >= 0.6 is 11.6 Å². The third-order valence-corrected chi connectivity index (χ3v) is 3.65. The van der Waals surface area contributed by atoms with Crippen molar-refractivity contribution in [3.63, 3.8) is 0 Å². The van der Waals surface area contributed by atoms with Crippen molar-refractivity contribution in [2.24, 2.45) is 0 Å². The number of hydrogen-bond acceptors (Lipinski definition) is 4. The topological polar surface area (TPSA) is 107 Å². The van der Waals surface area contributed by atoms with Crippen LogP contribution in [-0.4, -0.2) is 26.0 Å². The van der Waals surface area contributed by atoms with Crippen molar-refractivity contribution >= 4 is 27.6 Å². The molecule has 0 amide bonds. The lowest BCUT2D eigenvalue weighted by Crippen LogP contribution is -2.29. The van der Waals surface area contributed by atoms with Gasteiger partial charge in [0.2, 0.25) is 10.0 Å². The molecule has 8 heteroatoms. The van der Waals surface area contributed by atoms with Gasteiger partial charge in [-0.3, -0.25) is 4.79 Å². The Kier molecular flexibility index (Phi) is 4.07. The van der Waals surface area contributed by atoms with Gasteiger partial charge in [0.25, 0.3) is 0 Å². The lowest BCUT2D eigenvalue weighted by molar-refractivity contribution is -0.135. The maximum Gasteiger partial charge on any atom is 0.318 e. The minimum absolute atomic E-state index is 0.0816. The van der Waals surface area contributed by atoms with Crippen LogP contribution < -0.4 is 4.72 Å². The maximum atomic E-state index is 11.7. The molecular formula is C9H7ClN2O4S. The molecule has 0 unspecified atom stereocenters. The van der Waals surface area contributed by atoms with Crippen LogP contribution in [0.1, 0.15) is 5.56 Å². The standard InChI is InChI=1S/C9H7ClN2O4S/c10-7-2-1-6(4-11)3-8(7)17(15,16)12-5-9(13)14/h1-3,12H,5H2,(H,13,14). The molecule has 0 fully saturated rings. The van der Waals surface area contributed by atoms with Crippen molar-refractivity contribution in [2.45, 2.75) is 4.90 Å². The average Bonchev–Trinajstić information content (AvgIpc) is 2.27. The summed E-state index contributed by atoms with van der Waals surface area (Å²) < 4.78 is 25.2. The van der Waals surface area contributed by atoms with Gasteiger partial charge in [-0.25, -0.2) is 8.42 Å². The molecule has 0 aromatic heterocycles. The van der Waals surface area contributed by atoms with E-state index in [1.54, 1.807) is 6.07 Å². The number of nitrogens with zero attached hydrogens (tertiary/aromatic N) is 1. The van der Waals surface area contributed by atoms with Gasteiger partial charge in [-0.15, -0.1) is 0 Å². The number of carbonyl (C=O) groups is 1. The number of rotatable bonds is 4. The molecule has 0 heterocycles. The largest absolute Gasteiger partial charge is 0.480 e. The lowest BCUT2D eigenvalue weighted by atomic mass is 10.2. The molecule has 0 radical (unpaired) electrons. The molecule has 0 saturated heterocycles. The molecule has 0 aliphatic carbocycles. The molecule has 90 valence electrons. The summed E-state index contributed by atoms with van der Waals surface area (Å²) in [5, 5.41) is 16.9. The second kappa shape index (κ2) is 5.14. The van der Waals surface area contributed by atoms with Gasteiger partial charge in [-0.05, 0) is 18.2 Å². The normalized spacial score (nSPS) is 10.8. The van der Waals surface area contributed by atoms with Crippen LogP contribution in [0.5, 0.6) is 0 Å². The fraction of sp³-hybridized carbons (Fsp3) is 0.111. The van der Waals surface area contributed by atoms with E-state index < -0.39 is 22.5 Å². The van der Waals surface area contributed by atoms with Gasteiger partial charge in [0.05, 0.1) is 16.7 Å². The van der Waals surface area contributed by atoms with E-state index in [-0.39, 0.29) is 15.5 Å². The average molecular weight is 275 g/mol. The minimum atomic E-state index is -4.03. The van der Waals surface area contributed by atoms with Crippen molar-refractivity contribution in [1.82, 2.24) is 4.72 Å². The zero-order chi connectivity index (χ0) is 13.1. The Morgan fingerprint density at radius 2 is 2.18 bits per heavy atom. The predicted molar refractivity (Wildman–Crippen MR) is 59.0 cm³/mol. The predicted octanol–water partition coefficient (Wildman–Crippen LogP) is 0.575.